The van der Waals surface area contributed by atoms with E-state index in [2.05, 4.69) is 4.98 Å². The molecule has 2 rings (SSSR count). The first-order valence-corrected chi connectivity index (χ1v) is 7.24. The third-order valence-corrected chi connectivity index (χ3v) is 3.05. The van der Waals surface area contributed by atoms with Crippen LogP contribution in [0.5, 0.6) is 5.88 Å². The molecule has 2 aromatic rings. The average Bonchev–Trinajstić information content (AvgIpc) is 2.41. The van der Waals surface area contributed by atoms with Crippen LogP contribution in [0.3, 0.4) is 0 Å². The Labute approximate surface area is 130 Å². The van der Waals surface area contributed by atoms with Crippen molar-refractivity contribution in [1.29, 1.82) is 0 Å². The lowest BCUT2D eigenvalue weighted by atomic mass is 10.1. The molecule has 0 radical (unpaired) electrons. The van der Waals surface area contributed by atoms with E-state index in [-0.39, 0.29) is 5.60 Å². The summed E-state index contributed by atoms with van der Waals surface area (Å²) in [5.74, 6) is 0.508. The molecule has 1 heterocycles. The molecule has 0 atom stereocenters. The number of para-hydroxylation sites is 1. The van der Waals surface area contributed by atoms with Crippen LogP contribution < -0.4 is 10.5 Å². The Morgan fingerprint density at radius 2 is 1.95 bits per heavy atom. The van der Waals surface area contributed by atoms with Crippen LogP contribution in [0.1, 0.15) is 26.3 Å². The summed E-state index contributed by atoms with van der Waals surface area (Å²) in [6, 6.07) is 9.50. The van der Waals surface area contributed by atoms with Gasteiger partial charge in [0.25, 0.3) is 0 Å². The third-order valence-electron chi connectivity index (χ3n) is 2.83. The molecule has 0 saturated heterocycles. The van der Waals surface area contributed by atoms with E-state index in [1.54, 1.807) is 6.07 Å². The fourth-order valence-electron chi connectivity index (χ4n) is 1.92. The zero-order valence-electron chi connectivity index (χ0n) is 12.6. The summed E-state index contributed by atoms with van der Waals surface area (Å²) in [4.78, 5) is 4.80. The number of hydrogen-bond acceptors (Lipinski definition) is 4. The molecule has 1 aromatic carbocycles. The van der Waals surface area contributed by atoms with Gasteiger partial charge in [-0.15, -0.1) is 0 Å². The largest absolute Gasteiger partial charge is 0.475 e. The van der Waals surface area contributed by atoms with Gasteiger partial charge in [0.15, 0.2) is 0 Å². The second kappa shape index (κ2) is 6.37. The highest BCUT2D eigenvalue weighted by molar-refractivity contribution is 7.80. The Bertz CT molecular complexity index is 650. The minimum absolute atomic E-state index is 0.176. The Balaban J connectivity index is 2.15. The van der Waals surface area contributed by atoms with E-state index in [1.807, 2.05) is 45.0 Å². The van der Waals surface area contributed by atoms with Gasteiger partial charge in [0, 0.05) is 17.0 Å². The highest BCUT2D eigenvalue weighted by atomic mass is 32.1. The van der Waals surface area contributed by atoms with Gasteiger partial charge >= 0.3 is 0 Å². The number of pyridine rings is 1. The standard InChI is InChI=1S/C16H20N2O2S/c1-16(2,3)20-9-8-19-14-10-12(15(17)21)11-6-4-5-7-13(11)18-14/h4-7,10H,8-9H2,1-3H3,(H2,17,21). The molecule has 0 aliphatic heterocycles. The maximum absolute atomic E-state index is 5.78. The number of thiocarbonyl (C=S) groups is 1. The molecule has 2 N–H and O–H groups in total. The van der Waals surface area contributed by atoms with E-state index in [9.17, 15) is 0 Å². The smallest absolute Gasteiger partial charge is 0.214 e. The lowest BCUT2D eigenvalue weighted by molar-refractivity contribution is -0.0167. The molecule has 0 unspecified atom stereocenters. The predicted octanol–water partition coefficient (Wildman–Crippen LogP) is 3.06. The minimum atomic E-state index is -0.176. The van der Waals surface area contributed by atoms with Crippen LogP contribution in [0.25, 0.3) is 10.9 Å². The fraction of sp³-hybridized carbons (Fsp3) is 0.375. The van der Waals surface area contributed by atoms with Gasteiger partial charge in [-0.1, -0.05) is 30.4 Å². The normalized spacial score (nSPS) is 11.6. The molecule has 0 fully saturated rings. The summed E-state index contributed by atoms with van der Waals surface area (Å²) in [6.07, 6.45) is 0. The molecule has 4 nitrogen and oxygen atoms in total. The Morgan fingerprint density at radius 3 is 2.62 bits per heavy atom. The first kappa shape index (κ1) is 15.7. The van der Waals surface area contributed by atoms with Crippen LogP contribution in [0.4, 0.5) is 0 Å². The van der Waals surface area contributed by atoms with Crippen molar-refractivity contribution in [2.75, 3.05) is 13.2 Å². The van der Waals surface area contributed by atoms with Crippen LogP contribution in [0.15, 0.2) is 30.3 Å². The van der Waals surface area contributed by atoms with Gasteiger partial charge in [-0.25, -0.2) is 4.98 Å². The van der Waals surface area contributed by atoms with E-state index in [4.69, 9.17) is 27.4 Å². The Kier molecular flexibility index (Phi) is 4.75. The van der Waals surface area contributed by atoms with Gasteiger partial charge in [-0.3, -0.25) is 0 Å². The third kappa shape index (κ3) is 4.37. The fourth-order valence-corrected chi connectivity index (χ4v) is 2.09. The van der Waals surface area contributed by atoms with E-state index < -0.39 is 0 Å². The number of fused-ring (bicyclic) bond motifs is 1. The van der Waals surface area contributed by atoms with Crippen molar-refractivity contribution in [3.63, 3.8) is 0 Å². The molecule has 0 saturated carbocycles. The second-order valence-electron chi connectivity index (χ2n) is 5.70. The monoisotopic (exact) mass is 304 g/mol. The van der Waals surface area contributed by atoms with Crippen LogP contribution in [-0.4, -0.2) is 28.8 Å². The summed E-state index contributed by atoms with van der Waals surface area (Å²) in [6.45, 7) is 6.95. The van der Waals surface area contributed by atoms with E-state index >= 15 is 0 Å². The molecule has 0 aliphatic rings. The number of aromatic nitrogens is 1. The summed E-state index contributed by atoms with van der Waals surface area (Å²) in [7, 11) is 0. The van der Waals surface area contributed by atoms with Gasteiger partial charge in [0.2, 0.25) is 5.88 Å². The molecule has 21 heavy (non-hydrogen) atoms. The second-order valence-corrected chi connectivity index (χ2v) is 6.14. The number of benzene rings is 1. The SMILES string of the molecule is CC(C)(C)OCCOc1cc(C(N)=S)c2ccccc2n1. The maximum atomic E-state index is 5.78. The number of nitrogens with two attached hydrogens (primary N) is 1. The summed E-state index contributed by atoms with van der Waals surface area (Å²) < 4.78 is 11.3. The summed E-state index contributed by atoms with van der Waals surface area (Å²) in [5.41, 5.74) is 7.20. The average molecular weight is 304 g/mol. The van der Waals surface area contributed by atoms with Gasteiger partial charge < -0.3 is 15.2 Å². The van der Waals surface area contributed by atoms with Crippen molar-refractivity contribution < 1.29 is 9.47 Å². The minimum Gasteiger partial charge on any atom is -0.475 e. The van der Waals surface area contributed by atoms with E-state index in [0.29, 0.717) is 24.1 Å². The first-order chi connectivity index (χ1) is 9.87. The van der Waals surface area contributed by atoms with Crippen molar-refractivity contribution in [2.45, 2.75) is 26.4 Å². The van der Waals surface area contributed by atoms with E-state index in [1.165, 1.54) is 0 Å². The maximum Gasteiger partial charge on any atom is 0.214 e. The van der Waals surface area contributed by atoms with Crippen molar-refractivity contribution in [3.05, 3.63) is 35.9 Å². The van der Waals surface area contributed by atoms with Gasteiger partial charge in [-0.2, -0.15) is 0 Å². The highest BCUT2D eigenvalue weighted by Crippen LogP contribution is 2.22. The van der Waals surface area contributed by atoms with Gasteiger partial charge in [0.1, 0.15) is 11.6 Å². The first-order valence-electron chi connectivity index (χ1n) is 6.83. The zero-order chi connectivity index (χ0) is 15.5. The molecule has 0 bridgehead atoms. The molecule has 0 spiro atoms. The van der Waals surface area contributed by atoms with Crippen LogP contribution in [0, 0.1) is 0 Å². The van der Waals surface area contributed by atoms with Crippen LogP contribution >= 0.6 is 12.2 Å². The lowest BCUT2D eigenvalue weighted by Gasteiger charge is -2.19. The Hall–Kier alpha value is -1.72. The molecule has 0 aliphatic carbocycles. The number of nitrogens with zero attached hydrogens (tertiary/aromatic N) is 1. The number of ether oxygens (including phenoxy) is 2. The van der Waals surface area contributed by atoms with Crippen LogP contribution in [-0.2, 0) is 4.74 Å². The molecule has 0 amide bonds. The number of hydrogen-bond donors (Lipinski definition) is 1. The zero-order valence-corrected chi connectivity index (χ0v) is 13.4. The molecular weight excluding hydrogens is 284 g/mol. The van der Waals surface area contributed by atoms with Gasteiger partial charge in [0.05, 0.1) is 17.7 Å². The number of rotatable bonds is 5. The molecule has 5 heteroatoms. The summed E-state index contributed by atoms with van der Waals surface area (Å²) in [5, 5.41) is 0.934. The van der Waals surface area contributed by atoms with Crippen molar-refractivity contribution >= 4 is 28.1 Å². The molecule has 1 aromatic heterocycles. The van der Waals surface area contributed by atoms with Crippen molar-refractivity contribution in [3.8, 4) is 5.88 Å². The van der Waals surface area contributed by atoms with Crippen LogP contribution in [0.2, 0.25) is 0 Å². The highest BCUT2D eigenvalue weighted by Gasteiger charge is 2.11. The summed E-state index contributed by atoms with van der Waals surface area (Å²) >= 11 is 5.10. The predicted molar refractivity (Wildman–Crippen MR) is 88.8 cm³/mol. The van der Waals surface area contributed by atoms with Crippen molar-refractivity contribution in [1.82, 2.24) is 4.98 Å². The molecule has 112 valence electrons. The molecular formula is C16H20N2O2S. The van der Waals surface area contributed by atoms with E-state index in [0.717, 1.165) is 16.5 Å². The Morgan fingerprint density at radius 1 is 1.24 bits per heavy atom. The van der Waals surface area contributed by atoms with Gasteiger partial charge in [-0.05, 0) is 26.8 Å². The topological polar surface area (TPSA) is 57.4 Å². The lowest BCUT2D eigenvalue weighted by Crippen LogP contribution is -2.22. The van der Waals surface area contributed by atoms with Crippen molar-refractivity contribution in [2.24, 2.45) is 5.73 Å². The quantitative estimate of drug-likeness (QED) is 0.679.